The summed E-state index contributed by atoms with van der Waals surface area (Å²) in [6.45, 7) is 0.814. The zero-order valence-corrected chi connectivity index (χ0v) is 8.62. The average molecular weight is 216 g/mol. The van der Waals surface area contributed by atoms with Crippen LogP contribution in [0.4, 0.5) is 0 Å². The van der Waals surface area contributed by atoms with E-state index in [1.807, 2.05) is 0 Å². The van der Waals surface area contributed by atoms with Gasteiger partial charge in [-0.25, -0.2) is 0 Å². The molecule has 0 radical (unpaired) electrons. The van der Waals surface area contributed by atoms with Crippen LogP contribution in [0.3, 0.4) is 0 Å². The Bertz CT molecular complexity index is 319. The molecule has 1 N–H and O–H groups in total. The molecule has 0 unspecified atom stereocenters. The third-order valence-electron chi connectivity index (χ3n) is 2.05. The van der Waals surface area contributed by atoms with Crippen molar-refractivity contribution in [1.82, 2.24) is 5.32 Å². The first-order valence-electron chi connectivity index (χ1n) is 4.29. The Morgan fingerprint density at radius 1 is 1.62 bits per heavy atom. The van der Waals surface area contributed by atoms with E-state index < -0.39 is 0 Å². The van der Waals surface area contributed by atoms with Crippen LogP contribution in [0.15, 0.2) is 12.1 Å². The van der Waals surface area contributed by atoms with E-state index in [-0.39, 0.29) is 5.91 Å². The van der Waals surface area contributed by atoms with Crippen LogP contribution in [-0.4, -0.2) is 12.5 Å². The summed E-state index contributed by atoms with van der Waals surface area (Å²) in [7, 11) is 0. The van der Waals surface area contributed by atoms with E-state index in [0.717, 1.165) is 12.5 Å². The van der Waals surface area contributed by atoms with Crippen molar-refractivity contribution in [2.45, 2.75) is 12.8 Å². The van der Waals surface area contributed by atoms with Gasteiger partial charge in [0.25, 0.3) is 5.91 Å². The number of nitrogens with one attached hydrogen (secondary N) is 1. The fourth-order valence-corrected chi connectivity index (χ4v) is 2.04. The summed E-state index contributed by atoms with van der Waals surface area (Å²) in [6, 6.07) is 3.51. The lowest BCUT2D eigenvalue weighted by Crippen LogP contribution is -2.24. The van der Waals surface area contributed by atoms with Gasteiger partial charge in [0.05, 0.1) is 9.21 Å². The minimum atomic E-state index is 0.00352. The molecule has 0 spiro atoms. The lowest BCUT2D eigenvalue weighted by Gasteiger charge is -2.00. The highest BCUT2D eigenvalue weighted by atomic mass is 35.5. The highest BCUT2D eigenvalue weighted by Gasteiger charge is 2.22. The normalized spacial score (nSPS) is 15.8. The second kappa shape index (κ2) is 3.68. The van der Waals surface area contributed by atoms with Gasteiger partial charge in [-0.1, -0.05) is 11.6 Å². The first-order valence-corrected chi connectivity index (χ1v) is 5.48. The second-order valence-electron chi connectivity index (χ2n) is 3.26. The summed E-state index contributed by atoms with van der Waals surface area (Å²) in [4.78, 5) is 12.1. The highest BCUT2D eigenvalue weighted by molar-refractivity contribution is 7.17. The second-order valence-corrected chi connectivity index (χ2v) is 4.97. The number of thiophene rings is 1. The van der Waals surface area contributed by atoms with Gasteiger partial charge in [0, 0.05) is 6.54 Å². The molecule has 13 heavy (non-hydrogen) atoms. The van der Waals surface area contributed by atoms with Crippen LogP contribution >= 0.6 is 22.9 Å². The van der Waals surface area contributed by atoms with Crippen molar-refractivity contribution in [3.63, 3.8) is 0 Å². The van der Waals surface area contributed by atoms with Crippen LogP contribution < -0.4 is 5.32 Å². The van der Waals surface area contributed by atoms with Gasteiger partial charge >= 0.3 is 0 Å². The lowest BCUT2D eigenvalue weighted by molar-refractivity contribution is 0.0956. The van der Waals surface area contributed by atoms with Gasteiger partial charge in [-0.05, 0) is 30.9 Å². The summed E-state index contributed by atoms with van der Waals surface area (Å²) >= 11 is 7.04. The summed E-state index contributed by atoms with van der Waals surface area (Å²) in [5.41, 5.74) is 0. The largest absolute Gasteiger partial charge is 0.351 e. The van der Waals surface area contributed by atoms with Crippen LogP contribution in [0.1, 0.15) is 22.5 Å². The molecule has 0 aliphatic heterocycles. The molecular formula is C9H10ClNOS. The predicted molar refractivity (Wildman–Crippen MR) is 54.4 cm³/mol. The molecule has 0 bridgehead atoms. The maximum atomic E-state index is 11.4. The molecule has 70 valence electrons. The minimum Gasteiger partial charge on any atom is -0.351 e. The van der Waals surface area contributed by atoms with E-state index in [1.54, 1.807) is 12.1 Å². The maximum Gasteiger partial charge on any atom is 0.261 e. The van der Waals surface area contributed by atoms with Crippen LogP contribution in [0, 0.1) is 5.92 Å². The third-order valence-corrected chi connectivity index (χ3v) is 3.28. The fourth-order valence-electron chi connectivity index (χ4n) is 1.08. The molecular weight excluding hydrogens is 206 g/mol. The molecule has 2 rings (SSSR count). The Hall–Kier alpha value is -0.540. The van der Waals surface area contributed by atoms with Gasteiger partial charge in [-0.2, -0.15) is 0 Å². The van der Waals surface area contributed by atoms with Gasteiger partial charge in [-0.15, -0.1) is 11.3 Å². The van der Waals surface area contributed by atoms with Crippen molar-refractivity contribution in [1.29, 1.82) is 0 Å². The molecule has 1 aliphatic carbocycles. The molecule has 2 nitrogen and oxygen atoms in total. The fraction of sp³-hybridized carbons (Fsp3) is 0.444. The first-order chi connectivity index (χ1) is 6.25. The number of carbonyl (C=O) groups excluding carboxylic acids is 1. The van der Waals surface area contributed by atoms with Gasteiger partial charge in [0.2, 0.25) is 0 Å². The Labute approximate surface area is 85.9 Å². The molecule has 4 heteroatoms. The van der Waals surface area contributed by atoms with Crippen molar-refractivity contribution >= 4 is 28.8 Å². The number of amides is 1. The zero-order chi connectivity index (χ0) is 9.26. The van der Waals surface area contributed by atoms with Gasteiger partial charge in [0.15, 0.2) is 0 Å². The number of hydrogen-bond acceptors (Lipinski definition) is 2. The van der Waals surface area contributed by atoms with Crippen molar-refractivity contribution in [3.05, 3.63) is 21.3 Å². The molecule has 1 aromatic rings. The Morgan fingerprint density at radius 3 is 2.92 bits per heavy atom. The van der Waals surface area contributed by atoms with E-state index >= 15 is 0 Å². The lowest BCUT2D eigenvalue weighted by atomic mass is 10.4. The third kappa shape index (κ3) is 2.45. The molecule has 1 amide bonds. The standard InChI is InChI=1S/C9H10ClNOS/c10-8-4-3-7(13-8)9(12)11-5-6-1-2-6/h3-4,6H,1-2,5H2,(H,11,12). The summed E-state index contributed by atoms with van der Waals surface area (Å²) in [5.74, 6) is 0.725. The van der Waals surface area contributed by atoms with E-state index in [0.29, 0.717) is 9.21 Å². The smallest absolute Gasteiger partial charge is 0.261 e. The summed E-state index contributed by atoms with van der Waals surface area (Å²) < 4.78 is 0.663. The zero-order valence-electron chi connectivity index (χ0n) is 7.05. The number of rotatable bonds is 3. The summed E-state index contributed by atoms with van der Waals surface area (Å²) in [5, 5.41) is 2.89. The molecule has 1 aromatic heterocycles. The van der Waals surface area contributed by atoms with Crippen LogP contribution in [0.2, 0.25) is 4.34 Å². The van der Waals surface area contributed by atoms with Crippen molar-refractivity contribution < 1.29 is 4.79 Å². The Morgan fingerprint density at radius 2 is 2.38 bits per heavy atom. The summed E-state index contributed by atoms with van der Waals surface area (Å²) in [6.07, 6.45) is 2.51. The topological polar surface area (TPSA) is 29.1 Å². The van der Waals surface area contributed by atoms with Crippen LogP contribution in [0.5, 0.6) is 0 Å². The maximum absolute atomic E-state index is 11.4. The molecule has 0 saturated heterocycles. The minimum absolute atomic E-state index is 0.00352. The predicted octanol–water partition coefficient (Wildman–Crippen LogP) is 2.54. The Balaban J connectivity index is 1.88. The van der Waals surface area contributed by atoms with E-state index in [2.05, 4.69) is 5.32 Å². The molecule has 1 aliphatic rings. The molecule has 0 aromatic carbocycles. The van der Waals surface area contributed by atoms with Crippen molar-refractivity contribution in [2.24, 2.45) is 5.92 Å². The van der Waals surface area contributed by atoms with Gasteiger partial charge in [0.1, 0.15) is 0 Å². The van der Waals surface area contributed by atoms with Crippen LogP contribution in [-0.2, 0) is 0 Å². The quantitative estimate of drug-likeness (QED) is 0.825. The van der Waals surface area contributed by atoms with E-state index in [9.17, 15) is 4.79 Å². The highest BCUT2D eigenvalue weighted by Crippen LogP contribution is 2.28. The van der Waals surface area contributed by atoms with Gasteiger partial charge in [-0.3, -0.25) is 4.79 Å². The van der Waals surface area contributed by atoms with E-state index in [4.69, 9.17) is 11.6 Å². The monoisotopic (exact) mass is 215 g/mol. The Kier molecular flexibility index (Phi) is 2.56. The van der Waals surface area contributed by atoms with Crippen molar-refractivity contribution in [3.8, 4) is 0 Å². The molecule has 1 fully saturated rings. The van der Waals surface area contributed by atoms with Crippen LogP contribution in [0.25, 0.3) is 0 Å². The molecule has 0 atom stereocenters. The molecule has 1 saturated carbocycles. The SMILES string of the molecule is O=C(NCC1CC1)c1ccc(Cl)s1. The van der Waals surface area contributed by atoms with Crippen molar-refractivity contribution in [2.75, 3.05) is 6.54 Å². The number of halogens is 1. The average Bonchev–Trinajstić information content (AvgIpc) is 2.84. The van der Waals surface area contributed by atoms with E-state index in [1.165, 1.54) is 24.2 Å². The number of hydrogen-bond donors (Lipinski definition) is 1. The van der Waals surface area contributed by atoms with Gasteiger partial charge < -0.3 is 5.32 Å². The molecule has 1 heterocycles. The first kappa shape index (κ1) is 9.03. The number of carbonyl (C=O) groups is 1.